The van der Waals surface area contributed by atoms with Gasteiger partial charge < -0.3 is 33.7 Å². The monoisotopic (exact) mass is 507 g/mol. The number of amides is 1. The van der Waals surface area contributed by atoms with Crippen LogP contribution in [-0.4, -0.2) is 73.1 Å². The topological polar surface area (TPSA) is 153 Å². The number of esters is 4. The molecule has 2 heterocycles. The molecule has 7 atom stereocenters. The van der Waals surface area contributed by atoms with Crippen molar-refractivity contribution < 1.29 is 52.4 Å². The van der Waals surface area contributed by atoms with E-state index in [2.05, 4.69) is 5.32 Å². The fourth-order valence-corrected chi connectivity index (χ4v) is 4.20. The molecule has 3 aliphatic rings. The number of hydrogen-bond acceptors (Lipinski definition) is 11. The lowest BCUT2D eigenvalue weighted by Gasteiger charge is -2.45. The van der Waals surface area contributed by atoms with Gasteiger partial charge in [0.15, 0.2) is 12.2 Å². The van der Waals surface area contributed by atoms with E-state index in [1.54, 1.807) is 18.2 Å². The summed E-state index contributed by atoms with van der Waals surface area (Å²) in [4.78, 5) is 59.1. The van der Waals surface area contributed by atoms with E-state index in [0.29, 0.717) is 0 Å². The minimum atomic E-state index is -1.27. The summed E-state index contributed by atoms with van der Waals surface area (Å²) in [5.74, 6) is -2.91. The van der Waals surface area contributed by atoms with Gasteiger partial charge in [0.05, 0.1) is 0 Å². The van der Waals surface area contributed by atoms with E-state index in [0.717, 1.165) is 19.4 Å². The second-order valence-corrected chi connectivity index (χ2v) is 8.58. The van der Waals surface area contributed by atoms with Crippen LogP contribution in [0.25, 0.3) is 0 Å². The fraction of sp³-hybridized carbons (Fsp3) is 0.542. The van der Waals surface area contributed by atoms with Crippen LogP contribution in [0.3, 0.4) is 0 Å². The molecule has 1 fully saturated rings. The first-order chi connectivity index (χ1) is 16.9. The Morgan fingerprint density at radius 3 is 2.28 bits per heavy atom. The normalized spacial score (nSPS) is 31.0. The average molecular weight is 507 g/mol. The lowest BCUT2D eigenvalue weighted by atomic mass is 9.88. The summed E-state index contributed by atoms with van der Waals surface area (Å²) in [5, 5.41) is 2.62. The van der Waals surface area contributed by atoms with E-state index in [9.17, 15) is 24.0 Å². The van der Waals surface area contributed by atoms with Crippen molar-refractivity contribution in [2.24, 2.45) is 5.92 Å². The van der Waals surface area contributed by atoms with Gasteiger partial charge in [0.1, 0.15) is 30.6 Å². The molecule has 0 unspecified atom stereocenters. The van der Waals surface area contributed by atoms with Crippen LogP contribution in [0.5, 0.6) is 0 Å². The second-order valence-electron chi connectivity index (χ2n) is 8.58. The van der Waals surface area contributed by atoms with Crippen LogP contribution >= 0.6 is 0 Å². The molecule has 36 heavy (non-hydrogen) atoms. The molecule has 0 bridgehead atoms. The zero-order valence-corrected chi connectivity index (χ0v) is 20.5. The Labute approximate surface area is 207 Å². The third-order valence-electron chi connectivity index (χ3n) is 5.60. The first kappa shape index (κ1) is 26.9. The second kappa shape index (κ2) is 11.4. The van der Waals surface area contributed by atoms with Crippen molar-refractivity contribution in [2.75, 3.05) is 6.61 Å². The number of rotatable bonds is 7. The van der Waals surface area contributed by atoms with Crippen molar-refractivity contribution >= 4 is 29.8 Å². The molecule has 0 aromatic heterocycles. The Morgan fingerprint density at radius 2 is 1.67 bits per heavy atom. The highest BCUT2D eigenvalue weighted by Crippen LogP contribution is 2.33. The number of allylic oxidation sites excluding steroid dienone is 1. The van der Waals surface area contributed by atoms with Crippen LogP contribution in [0.1, 0.15) is 34.6 Å². The van der Waals surface area contributed by atoms with Crippen LogP contribution in [0.15, 0.2) is 35.6 Å². The minimum Gasteiger partial charge on any atom is -0.463 e. The number of carbonyl (C=O) groups excluding carboxylic acids is 5. The van der Waals surface area contributed by atoms with Gasteiger partial charge in [-0.2, -0.15) is 0 Å². The number of hydrogen-bond donors (Lipinski definition) is 1. The van der Waals surface area contributed by atoms with E-state index in [1.807, 2.05) is 6.92 Å². The summed E-state index contributed by atoms with van der Waals surface area (Å²) < 4.78 is 33.2. The van der Waals surface area contributed by atoms with Crippen molar-refractivity contribution in [1.82, 2.24) is 5.32 Å². The zero-order chi connectivity index (χ0) is 26.6. The largest absolute Gasteiger partial charge is 0.463 e. The van der Waals surface area contributed by atoms with Crippen molar-refractivity contribution in [2.45, 2.75) is 71.4 Å². The predicted octanol–water partition coefficient (Wildman–Crippen LogP) is 0.601. The predicted molar refractivity (Wildman–Crippen MR) is 119 cm³/mol. The van der Waals surface area contributed by atoms with Gasteiger partial charge in [-0.05, 0) is 19.1 Å². The number of carbonyl (C=O) groups is 5. The van der Waals surface area contributed by atoms with Gasteiger partial charge in [-0.3, -0.25) is 19.2 Å². The molecule has 1 N–H and O–H groups in total. The molecule has 3 rings (SSSR count). The molecule has 2 aliphatic heterocycles. The zero-order valence-electron chi connectivity index (χ0n) is 20.5. The summed E-state index contributed by atoms with van der Waals surface area (Å²) in [6.07, 6.45) is 1.02. The van der Waals surface area contributed by atoms with E-state index < -0.39 is 66.5 Å². The van der Waals surface area contributed by atoms with Gasteiger partial charge in [-0.25, -0.2) is 4.79 Å². The quantitative estimate of drug-likeness (QED) is 0.381. The lowest BCUT2D eigenvalue weighted by Crippen LogP contribution is -2.66. The first-order valence-electron chi connectivity index (χ1n) is 11.3. The van der Waals surface area contributed by atoms with Crippen molar-refractivity contribution in [1.29, 1.82) is 0 Å². The maximum atomic E-state index is 12.0. The molecule has 0 aromatic rings. The minimum absolute atomic E-state index is 0.160. The van der Waals surface area contributed by atoms with Gasteiger partial charge in [-0.1, -0.05) is 11.6 Å². The molecule has 1 saturated heterocycles. The molecule has 0 saturated carbocycles. The van der Waals surface area contributed by atoms with Crippen LogP contribution in [0, 0.1) is 5.92 Å². The number of nitrogens with one attached hydrogen (secondary N) is 1. The van der Waals surface area contributed by atoms with E-state index in [-0.39, 0.29) is 18.3 Å². The van der Waals surface area contributed by atoms with Gasteiger partial charge >= 0.3 is 23.9 Å². The highest BCUT2D eigenvalue weighted by Gasteiger charge is 2.52. The maximum absolute atomic E-state index is 12.0. The van der Waals surface area contributed by atoms with Crippen LogP contribution in [-0.2, 0) is 52.4 Å². The van der Waals surface area contributed by atoms with Gasteiger partial charge in [-0.15, -0.1) is 0 Å². The third-order valence-corrected chi connectivity index (χ3v) is 5.60. The van der Waals surface area contributed by atoms with Crippen molar-refractivity contribution in [3.05, 3.63) is 35.6 Å². The average Bonchev–Trinajstić information content (AvgIpc) is 2.75. The molecule has 1 aliphatic carbocycles. The van der Waals surface area contributed by atoms with E-state index in [1.165, 1.54) is 19.9 Å². The SMILES string of the molecule is CC(=O)N[C@@H]1[C@@H](OC2=C[C@@H]3OC(=O)C=C(C)[C@@H]3C=C2)O[C@@H](COC(C)=O)[C@@H](OC(C)=O)[C@@H]1OC(C)=O. The van der Waals surface area contributed by atoms with Gasteiger partial charge in [0.25, 0.3) is 0 Å². The number of fused-ring (bicyclic) bond motifs is 1. The summed E-state index contributed by atoms with van der Waals surface area (Å²) >= 11 is 0. The van der Waals surface area contributed by atoms with Crippen molar-refractivity contribution in [3.63, 3.8) is 0 Å². The third kappa shape index (κ3) is 6.72. The smallest absolute Gasteiger partial charge is 0.331 e. The van der Waals surface area contributed by atoms with Crippen LogP contribution < -0.4 is 5.32 Å². The summed E-state index contributed by atoms with van der Waals surface area (Å²) in [6.45, 7) is 6.21. The molecular formula is C24H29NO11. The first-order valence-corrected chi connectivity index (χ1v) is 11.3. The Bertz CT molecular complexity index is 1010. The Balaban J connectivity index is 1.93. The summed E-state index contributed by atoms with van der Waals surface area (Å²) in [6, 6.07) is -1.12. The number of ether oxygens (including phenoxy) is 6. The van der Waals surface area contributed by atoms with E-state index >= 15 is 0 Å². The molecule has 12 nitrogen and oxygen atoms in total. The van der Waals surface area contributed by atoms with Gasteiger partial charge in [0, 0.05) is 39.7 Å². The van der Waals surface area contributed by atoms with E-state index in [4.69, 9.17) is 28.4 Å². The molecule has 0 aromatic carbocycles. The Morgan fingerprint density at radius 1 is 1.00 bits per heavy atom. The molecule has 1 amide bonds. The summed E-state index contributed by atoms with van der Waals surface area (Å²) in [5.41, 5.74) is 0.827. The van der Waals surface area contributed by atoms with Crippen LogP contribution in [0.2, 0.25) is 0 Å². The van der Waals surface area contributed by atoms with Crippen LogP contribution in [0.4, 0.5) is 0 Å². The molecule has 0 radical (unpaired) electrons. The standard InChI is InChI=1S/C24H29NO11/c1-11-8-20(30)35-18-9-16(6-7-17(11)18)34-24-21(25-12(2)26)23(33-15(5)29)22(32-14(4)28)19(36-24)10-31-13(3)27/h6-9,17-19,21-24H,10H2,1-5H3,(H,25,26)/t17-,18-,19-,21-,22+,23+,24-/m0/s1. The fourth-order valence-electron chi connectivity index (χ4n) is 4.20. The molecule has 12 heteroatoms. The molecule has 196 valence electrons. The highest BCUT2D eigenvalue weighted by molar-refractivity contribution is 5.84. The molecule has 0 spiro atoms. The Hall–Kier alpha value is -3.67. The highest BCUT2D eigenvalue weighted by atomic mass is 16.7. The molecular weight excluding hydrogens is 478 g/mol. The van der Waals surface area contributed by atoms with Crippen molar-refractivity contribution in [3.8, 4) is 0 Å². The maximum Gasteiger partial charge on any atom is 0.331 e. The summed E-state index contributed by atoms with van der Waals surface area (Å²) in [7, 11) is 0. The Kier molecular flexibility index (Phi) is 8.51. The lowest BCUT2D eigenvalue weighted by molar-refractivity contribution is -0.268. The van der Waals surface area contributed by atoms with Gasteiger partial charge in [0.2, 0.25) is 12.2 Å².